The van der Waals surface area contributed by atoms with Crippen molar-refractivity contribution >= 4 is 21.7 Å². The van der Waals surface area contributed by atoms with Gasteiger partial charge < -0.3 is 5.32 Å². The maximum Gasteiger partial charge on any atom is 0.240 e. The second-order valence-electron chi connectivity index (χ2n) is 6.26. The second-order valence-corrected chi connectivity index (χ2v) is 7.97. The van der Waals surface area contributed by atoms with Gasteiger partial charge in [-0.25, -0.2) is 18.1 Å². The Labute approximate surface area is 147 Å². The number of hydrogen-bond acceptors (Lipinski definition) is 4. The Hall–Kier alpha value is -2.25. The van der Waals surface area contributed by atoms with Gasteiger partial charge in [0.2, 0.25) is 15.9 Å². The first-order chi connectivity index (χ1) is 11.9. The van der Waals surface area contributed by atoms with Gasteiger partial charge in [-0.05, 0) is 55.5 Å². The molecular weight excluding hydrogens is 338 g/mol. The number of sulfonamides is 1. The number of pyridine rings is 1. The summed E-state index contributed by atoms with van der Waals surface area (Å²) in [4.78, 5) is 16.4. The van der Waals surface area contributed by atoms with Gasteiger partial charge in [-0.15, -0.1) is 0 Å². The predicted molar refractivity (Wildman–Crippen MR) is 95.7 cm³/mol. The molecular formula is C18H21N3O3S. The summed E-state index contributed by atoms with van der Waals surface area (Å²) in [5, 5.41) is 2.79. The molecule has 1 amide bonds. The van der Waals surface area contributed by atoms with Gasteiger partial charge in [-0.3, -0.25) is 4.79 Å². The minimum Gasteiger partial charge on any atom is -0.310 e. The number of anilines is 1. The molecule has 0 aliphatic heterocycles. The number of hydrogen-bond donors (Lipinski definition) is 2. The molecule has 1 aromatic heterocycles. The van der Waals surface area contributed by atoms with E-state index in [0.29, 0.717) is 18.7 Å². The number of nitrogens with one attached hydrogen (secondary N) is 2. The van der Waals surface area contributed by atoms with Crippen molar-refractivity contribution in [3.63, 3.8) is 0 Å². The Bertz CT molecular complexity index is 859. The molecule has 2 N–H and O–H groups in total. The lowest BCUT2D eigenvalue weighted by Gasteiger charge is -2.08. The van der Waals surface area contributed by atoms with Gasteiger partial charge in [0.05, 0.1) is 4.90 Å². The highest BCUT2D eigenvalue weighted by atomic mass is 32.2. The van der Waals surface area contributed by atoms with E-state index in [4.69, 9.17) is 0 Å². The Morgan fingerprint density at radius 1 is 1.20 bits per heavy atom. The number of carbonyl (C=O) groups is 1. The number of carbonyl (C=O) groups excluding carboxylic acids is 1. The van der Waals surface area contributed by atoms with Crippen LogP contribution in [0.4, 0.5) is 5.82 Å². The van der Waals surface area contributed by atoms with Crippen LogP contribution in [0, 0.1) is 6.92 Å². The average Bonchev–Trinajstić information content (AvgIpc) is 3.39. The summed E-state index contributed by atoms with van der Waals surface area (Å²) in [5.41, 5.74) is 1.83. The van der Waals surface area contributed by atoms with E-state index in [1.165, 1.54) is 0 Å². The first-order valence-electron chi connectivity index (χ1n) is 8.27. The quantitative estimate of drug-likeness (QED) is 0.794. The molecule has 1 aliphatic carbocycles. The van der Waals surface area contributed by atoms with Crippen molar-refractivity contribution in [2.24, 2.45) is 0 Å². The standard InChI is InChI=1S/C18H21N3O3S/c1-13-3-2-12-19-18(13)20-17(22)11-6-14-4-9-16(10-5-14)25(23,24)21-15-7-8-15/h2-5,9-10,12,15,21H,6-8,11H2,1H3,(H,19,20,22). The molecule has 3 rings (SSSR count). The maximum absolute atomic E-state index is 12.1. The zero-order chi connectivity index (χ0) is 17.9. The molecule has 1 fully saturated rings. The fourth-order valence-corrected chi connectivity index (χ4v) is 3.70. The molecule has 1 heterocycles. The van der Waals surface area contributed by atoms with Crippen molar-refractivity contribution in [3.8, 4) is 0 Å². The van der Waals surface area contributed by atoms with Gasteiger partial charge in [-0.2, -0.15) is 0 Å². The van der Waals surface area contributed by atoms with Crippen LogP contribution in [0.25, 0.3) is 0 Å². The Morgan fingerprint density at radius 3 is 2.56 bits per heavy atom. The van der Waals surface area contributed by atoms with E-state index in [0.717, 1.165) is 24.0 Å². The van der Waals surface area contributed by atoms with E-state index in [2.05, 4.69) is 15.0 Å². The van der Waals surface area contributed by atoms with Crippen LogP contribution in [0.1, 0.15) is 30.4 Å². The summed E-state index contributed by atoms with van der Waals surface area (Å²) in [6.45, 7) is 1.89. The van der Waals surface area contributed by atoms with Crippen molar-refractivity contribution in [1.82, 2.24) is 9.71 Å². The highest BCUT2D eigenvalue weighted by molar-refractivity contribution is 7.89. The zero-order valence-electron chi connectivity index (χ0n) is 14.0. The summed E-state index contributed by atoms with van der Waals surface area (Å²) in [5.74, 6) is 0.453. The molecule has 7 heteroatoms. The molecule has 1 aliphatic rings. The lowest BCUT2D eigenvalue weighted by molar-refractivity contribution is -0.116. The molecule has 6 nitrogen and oxygen atoms in total. The molecule has 1 aromatic carbocycles. The van der Waals surface area contributed by atoms with Gasteiger partial charge in [0.15, 0.2) is 0 Å². The third kappa shape index (κ3) is 4.87. The Morgan fingerprint density at radius 2 is 1.92 bits per heavy atom. The molecule has 25 heavy (non-hydrogen) atoms. The van der Waals surface area contributed by atoms with Crippen molar-refractivity contribution in [1.29, 1.82) is 0 Å². The van der Waals surface area contributed by atoms with Crippen LogP contribution in [0.15, 0.2) is 47.5 Å². The van der Waals surface area contributed by atoms with Crippen LogP contribution < -0.4 is 10.0 Å². The van der Waals surface area contributed by atoms with Gasteiger partial charge in [0, 0.05) is 18.7 Å². The van der Waals surface area contributed by atoms with Gasteiger partial charge in [0.25, 0.3) is 0 Å². The fourth-order valence-electron chi connectivity index (χ4n) is 2.39. The minimum atomic E-state index is -3.43. The highest BCUT2D eigenvalue weighted by Crippen LogP contribution is 2.22. The summed E-state index contributed by atoms with van der Waals surface area (Å²) in [6.07, 6.45) is 4.29. The lowest BCUT2D eigenvalue weighted by atomic mass is 10.1. The number of aryl methyl sites for hydroxylation is 2. The number of benzene rings is 1. The topological polar surface area (TPSA) is 88.2 Å². The van der Waals surface area contributed by atoms with E-state index in [9.17, 15) is 13.2 Å². The van der Waals surface area contributed by atoms with Crippen molar-refractivity contribution in [2.45, 2.75) is 43.5 Å². The molecule has 0 radical (unpaired) electrons. The van der Waals surface area contributed by atoms with E-state index in [1.54, 1.807) is 30.5 Å². The van der Waals surface area contributed by atoms with Crippen molar-refractivity contribution in [3.05, 3.63) is 53.7 Å². The molecule has 132 valence electrons. The molecule has 0 unspecified atom stereocenters. The third-order valence-electron chi connectivity index (χ3n) is 4.04. The smallest absolute Gasteiger partial charge is 0.240 e. The first-order valence-corrected chi connectivity index (χ1v) is 9.75. The normalized spacial score (nSPS) is 14.3. The van der Waals surface area contributed by atoms with Crippen LogP contribution >= 0.6 is 0 Å². The monoisotopic (exact) mass is 359 g/mol. The van der Waals surface area contributed by atoms with E-state index in [-0.39, 0.29) is 16.8 Å². The summed E-state index contributed by atoms with van der Waals surface area (Å²) >= 11 is 0. The predicted octanol–water partition coefficient (Wildman–Crippen LogP) is 2.40. The van der Waals surface area contributed by atoms with E-state index in [1.807, 2.05) is 19.1 Å². The maximum atomic E-state index is 12.1. The summed E-state index contributed by atoms with van der Waals surface area (Å²) in [7, 11) is -3.43. The van der Waals surface area contributed by atoms with Crippen LogP contribution in [-0.2, 0) is 21.2 Å². The summed E-state index contributed by atoms with van der Waals surface area (Å²) in [6, 6.07) is 10.5. The lowest BCUT2D eigenvalue weighted by Crippen LogP contribution is -2.25. The van der Waals surface area contributed by atoms with E-state index >= 15 is 0 Å². The number of nitrogens with zero attached hydrogens (tertiary/aromatic N) is 1. The first kappa shape index (κ1) is 17.6. The number of rotatable bonds is 7. The molecule has 1 saturated carbocycles. The fraction of sp³-hybridized carbons (Fsp3) is 0.333. The van der Waals surface area contributed by atoms with Crippen molar-refractivity contribution in [2.75, 3.05) is 5.32 Å². The Kier molecular flexibility index (Phi) is 5.15. The van der Waals surface area contributed by atoms with Crippen LogP contribution in [0.3, 0.4) is 0 Å². The van der Waals surface area contributed by atoms with Gasteiger partial charge in [-0.1, -0.05) is 18.2 Å². The van der Waals surface area contributed by atoms with Gasteiger partial charge >= 0.3 is 0 Å². The molecule has 0 spiro atoms. The largest absolute Gasteiger partial charge is 0.310 e. The van der Waals surface area contributed by atoms with Crippen LogP contribution in [0.5, 0.6) is 0 Å². The third-order valence-corrected chi connectivity index (χ3v) is 5.58. The molecule has 0 bridgehead atoms. The van der Waals surface area contributed by atoms with E-state index < -0.39 is 10.0 Å². The molecule has 2 aromatic rings. The number of aromatic nitrogens is 1. The highest BCUT2D eigenvalue weighted by Gasteiger charge is 2.27. The number of amides is 1. The van der Waals surface area contributed by atoms with Crippen LogP contribution in [0.2, 0.25) is 0 Å². The van der Waals surface area contributed by atoms with Crippen molar-refractivity contribution < 1.29 is 13.2 Å². The average molecular weight is 359 g/mol. The Balaban J connectivity index is 1.55. The van der Waals surface area contributed by atoms with Crippen LogP contribution in [-0.4, -0.2) is 25.4 Å². The zero-order valence-corrected chi connectivity index (χ0v) is 14.8. The molecule has 0 saturated heterocycles. The second kappa shape index (κ2) is 7.33. The molecule has 0 atom stereocenters. The minimum absolute atomic E-state index is 0.0865. The summed E-state index contributed by atoms with van der Waals surface area (Å²) < 4.78 is 26.9. The SMILES string of the molecule is Cc1cccnc1NC(=O)CCc1ccc(S(=O)(=O)NC2CC2)cc1. The van der Waals surface area contributed by atoms with Gasteiger partial charge in [0.1, 0.15) is 5.82 Å².